The molecule has 0 amide bonds. The molecular weight excluding hydrogens is 392 g/mol. The van der Waals surface area contributed by atoms with Crippen molar-refractivity contribution in [2.75, 3.05) is 17.2 Å². The predicted octanol–water partition coefficient (Wildman–Crippen LogP) is 4.75. The molecule has 0 spiro atoms. The van der Waals surface area contributed by atoms with Crippen LogP contribution in [0.25, 0.3) is 11.3 Å². The van der Waals surface area contributed by atoms with Crippen molar-refractivity contribution in [2.24, 2.45) is 0 Å². The van der Waals surface area contributed by atoms with Crippen LogP contribution in [0.1, 0.15) is 12.5 Å². The van der Waals surface area contributed by atoms with Gasteiger partial charge in [-0.1, -0.05) is 46.3 Å². The Kier molecular flexibility index (Phi) is 5.85. The van der Waals surface area contributed by atoms with E-state index in [1.54, 1.807) is 0 Å². The minimum Gasteiger partial charge on any atom is -0.394 e. The van der Waals surface area contributed by atoms with Crippen LogP contribution in [0.5, 0.6) is 0 Å². The van der Waals surface area contributed by atoms with Crippen LogP contribution in [0.15, 0.2) is 59.1 Å². The number of hydrogen-bond acceptors (Lipinski definition) is 5. The number of aromatic nitrogens is 2. The van der Waals surface area contributed by atoms with Gasteiger partial charge in [0.25, 0.3) is 0 Å². The van der Waals surface area contributed by atoms with Crippen molar-refractivity contribution >= 4 is 33.4 Å². The zero-order chi connectivity index (χ0) is 18.5. The Morgan fingerprint density at radius 3 is 2.54 bits per heavy atom. The summed E-state index contributed by atoms with van der Waals surface area (Å²) >= 11 is 3.48. The van der Waals surface area contributed by atoms with Gasteiger partial charge in [-0.3, -0.25) is 0 Å². The maximum Gasteiger partial charge on any atom is 0.225 e. The van der Waals surface area contributed by atoms with E-state index in [-0.39, 0.29) is 12.6 Å². The quantitative estimate of drug-likeness (QED) is 0.544. The van der Waals surface area contributed by atoms with Crippen LogP contribution in [0.3, 0.4) is 0 Å². The highest BCUT2D eigenvalue weighted by molar-refractivity contribution is 9.10. The van der Waals surface area contributed by atoms with Crippen molar-refractivity contribution in [3.05, 3.63) is 64.6 Å². The molecule has 3 N–H and O–H groups in total. The predicted molar refractivity (Wildman–Crippen MR) is 110 cm³/mol. The summed E-state index contributed by atoms with van der Waals surface area (Å²) in [6.07, 6.45) is 0. The monoisotopic (exact) mass is 412 g/mol. The molecule has 0 saturated heterocycles. The Bertz CT molecular complexity index is 886. The lowest BCUT2D eigenvalue weighted by Crippen LogP contribution is -2.21. The Hall–Kier alpha value is -2.44. The Morgan fingerprint density at radius 1 is 1.08 bits per heavy atom. The molecule has 0 saturated carbocycles. The first-order chi connectivity index (χ1) is 12.5. The number of halogens is 1. The topological polar surface area (TPSA) is 70.1 Å². The molecule has 1 atom stereocenters. The molecule has 2 aromatic carbocycles. The van der Waals surface area contributed by atoms with E-state index < -0.39 is 0 Å². The van der Waals surface area contributed by atoms with E-state index in [0.29, 0.717) is 11.8 Å². The number of nitrogens with zero attached hydrogens (tertiary/aromatic N) is 2. The van der Waals surface area contributed by atoms with Crippen molar-refractivity contribution in [3.63, 3.8) is 0 Å². The average Bonchev–Trinajstić information content (AvgIpc) is 2.64. The third-order valence-electron chi connectivity index (χ3n) is 3.90. The van der Waals surface area contributed by atoms with Crippen molar-refractivity contribution in [1.82, 2.24) is 9.97 Å². The zero-order valence-electron chi connectivity index (χ0n) is 14.7. The van der Waals surface area contributed by atoms with Crippen LogP contribution in [-0.4, -0.2) is 27.7 Å². The first-order valence-corrected chi connectivity index (χ1v) is 9.19. The number of hydrogen-bond donors (Lipinski definition) is 3. The Morgan fingerprint density at radius 2 is 1.85 bits per heavy atom. The molecule has 0 fully saturated rings. The van der Waals surface area contributed by atoms with E-state index >= 15 is 0 Å². The van der Waals surface area contributed by atoms with Crippen LogP contribution >= 0.6 is 15.9 Å². The summed E-state index contributed by atoms with van der Waals surface area (Å²) in [6, 6.07) is 17.8. The molecule has 5 nitrogen and oxygen atoms in total. The summed E-state index contributed by atoms with van der Waals surface area (Å²) in [7, 11) is 0. The fraction of sp³-hybridized carbons (Fsp3) is 0.200. The van der Waals surface area contributed by atoms with Crippen LogP contribution in [0, 0.1) is 6.92 Å². The van der Waals surface area contributed by atoms with Crippen molar-refractivity contribution < 1.29 is 5.11 Å². The first-order valence-electron chi connectivity index (χ1n) is 8.40. The van der Waals surface area contributed by atoms with Crippen LogP contribution < -0.4 is 10.6 Å². The van der Waals surface area contributed by atoms with Crippen LogP contribution in [0.4, 0.5) is 17.5 Å². The molecule has 26 heavy (non-hydrogen) atoms. The van der Waals surface area contributed by atoms with Crippen LogP contribution in [0.2, 0.25) is 0 Å². The summed E-state index contributed by atoms with van der Waals surface area (Å²) < 4.78 is 1.03. The van der Waals surface area contributed by atoms with Gasteiger partial charge in [0, 0.05) is 27.8 Å². The summed E-state index contributed by atoms with van der Waals surface area (Å²) in [6.45, 7) is 3.93. The van der Waals surface area contributed by atoms with Gasteiger partial charge in [-0.25, -0.2) is 4.98 Å². The molecule has 0 aliphatic heterocycles. The highest BCUT2D eigenvalue weighted by Gasteiger charge is 2.10. The lowest BCUT2D eigenvalue weighted by molar-refractivity contribution is 0.281. The number of aliphatic hydroxyl groups is 1. The van der Waals surface area contributed by atoms with Gasteiger partial charge in [0.15, 0.2) is 0 Å². The maximum absolute atomic E-state index is 9.31. The van der Waals surface area contributed by atoms with Gasteiger partial charge >= 0.3 is 0 Å². The molecule has 3 aromatic rings. The average molecular weight is 413 g/mol. The van der Waals surface area contributed by atoms with Gasteiger partial charge in [-0.05, 0) is 37.6 Å². The third kappa shape index (κ3) is 4.59. The second-order valence-corrected chi connectivity index (χ2v) is 7.06. The summed E-state index contributed by atoms with van der Waals surface area (Å²) in [5, 5.41) is 15.8. The Labute approximate surface area is 161 Å². The molecule has 6 heteroatoms. The minimum absolute atomic E-state index is 0.00745. The third-order valence-corrected chi connectivity index (χ3v) is 4.39. The number of nitrogens with one attached hydrogen (secondary N) is 2. The van der Waals surface area contributed by atoms with E-state index in [1.807, 2.05) is 62.4 Å². The first kappa shape index (κ1) is 18.4. The van der Waals surface area contributed by atoms with E-state index in [4.69, 9.17) is 0 Å². The second kappa shape index (κ2) is 8.29. The second-order valence-electron chi connectivity index (χ2n) is 6.14. The van der Waals surface area contributed by atoms with Crippen molar-refractivity contribution in [3.8, 4) is 11.3 Å². The molecule has 1 aromatic heterocycles. The molecule has 134 valence electrons. The summed E-state index contributed by atoms with van der Waals surface area (Å²) in [4.78, 5) is 9.14. The highest BCUT2D eigenvalue weighted by atomic mass is 79.9. The largest absolute Gasteiger partial charge is 0.394 e. The summed E-state index contributed by atoms with van der Waals surface area (Å²) in [5.41, 5.74) is 3.90. The van der Waals surface area contributed by atoms with E-state index in [2.05, 4.69) is 42.6 Å². The van der Waals surface area contributed by atoms with E-state index in [0.717, 1.165) is 27.0 Å². The lowest BCUT2D eigenvalue weighted by atomic mass is 10.1. The minimum atomic E-state index is -0.136. The van der Waals surface area contributed by atoms with Crippen LogP contribution in [-0.2, 0) is 0 Å². The maximum atomic E-state index is 9.31. The number of anilines is 3. The molecule has 0 bridgehead atoms. The summed E-state index contributed by atoms with van der Waals surface area (Å²) in [5.74, 6) is 1.17. The normalized spacial score (nSPS) is 11.8. The fourth-order valence-corrected chi connectivity index (χ4v) is 2.98. The number of benzene rings is 2. The molecule has 0 aliphatic rings. The Balaban J connectivity index is 1.98. The molecule has 0 aliphatic carbocycles. The smallest absolute Gasteiger partial charge is 0.225 e. The standard InChI is InChI=1S/C20H21BrN4O/c1-13-10-16(21)8-9-17(13)23-19-11-18(15-6-4-3-5-7-15)24-20(25-19)22-14(2)12-26/h3-11,14,26H,12H2,1-2H3,(H2,22,23,24,25)/t14-/m0/s1. The van der Waals surface area contributed by atoms with E-state index in [1.165, 1.54) is 0 Å². The molecular formula is C20H21BrN4O. The molecule has 3 rings (SSSR count). The van der Waals surface area contributed by atoms with Gasteiger partial charge in [0.2, 0.25) is 5.95 Å². The number of aryl methyl sites for hydroxylation is 1. The van der Waals surface area contributed by atoms with Gasteiger partial charge < -0.3 is 15.7 Å². The fourth-order valence-electron chi connectivity index (χ4n) is 2.50. The zero-order valence-corrected chi connectivity index (χ0v) is 16.3. The molecule has 1 heterocycles. The number of rotatable bonds is 6. The highest BCUT2D eigenvalue weighted by Crippen LogP contribution is 2.26. The molecule has 0 radical (unpaired) electrons. The van der Waals surface area contributed by atoms with Crippen molar-refractivity contribution in [1.29, 1.82) is 0 Å². The lowest BCUT2D eigenvalue weighted by Gasteiger charge is -2.15. The van der Waals surface area contributed by atoms with Gasteiger partial charge in [0.05, 0.1) is 12.3 Å². The number of aliphatic hydroxyl groups excluding tert-OH is 1. The van der Waals surface area contributed by atoms with Gasteiger partial charge in [0.1, 0.15) is 5.82 Å². The van der Waals surface area contributed by atoms with E-state index in [9.17, 15) is 5.11 Å². The van der Waals surface area contributed by atoms with Gasteiger partial charge in [-0.2, -0.15) is 4.98 Å². The van der Waals surface area contributed by atoms with Crippen molar-refractivity contribution in [2.45, 2.75) is 19.9 Å². The van der Waals surface area contributed by atoms with Gasteiger partial charge in [-0.15, -0.1) is 0 Å². The SMILES string of the molecule is Cc1cc(Br)ccc1Nc1cc(-c2ccccc2)nc(N[C@@H](C)CO)n1. The molecule has 0 unspecified atom stereocenters.